The number of nitrogens with two attached hydrogens (primary N) is 2. The zero-order valence-corrected chi connectivity index (χ0v) is 11.7. The first kappa shape index (κ1) is 14.1. The van der Waals surface area contributed by atoms with Gasteiger partial charge in [-0.1, -0.05) is 25.3 Å². The second kappa shape index (κ2) is 5.79. The lowest BCUT2D eigenvalue weighted by Crippen LogP contribution is -2.19. The summed E-state index contributed by atoms with van der Waals surface area (Å²) in [6.45, 7) is 0.832. The van der Waals surface area contributed by atoms with Crippen molar-refractivity contribution in [3.8, 4) is 0 Å². The Balaban J connectivity index is 2.08. The maximum atomic E-state index is 11.4. The average Bonchev–Trinajstić information content (AvgIpc) is 2.37. The molecule has 5 nitrogen and oxygen atoms in total. The van der Waals surface area contributed by atoms with E-state index in [1.807, 2.05) is 0 Å². The normalized spacial score (nSPS) is 17.3. The molecule has 0 bridgehead atoms. The third-order valence-electron chi connectivity index (χ3n) is 3.68. The van der Waals surface area contributed by atoms with Crippen LogP contribution in [0.1, 0.15) is 32.1 Å². The van der Waals surface area contributed by atoms with Gasteiger partial charge < -0.3 is 11.1 Å². The first-order valence-electron chi connectivity index (χ1n) is 6.63. The largest absolute Gasteiger partial charge is 0.396 e. The Morgan fingerprint density at radius 2 is 1.89 bits per heavy atom. The number of benzene rings is 1. The standard InChI is InChI=1S/C13H21N3O2S/c14-13-11(7-4-8-12(13)19(15,17)18)16-9-10-5-2-1-3-6-10/h4,7-8,10,16H,1-3,5-6,9,14H2,(H2,15,17,18). The maximum Gasteiger partial charge on any atom is 0.240 e. The van der Waals surface area contributed by atoms with Crippen molar-refractivity contribution in [2.24, 2.45) is 11.1 Å². The highest BCUT2D eigenvalue weighted by atomic mass is 32.2. The van der Waals surface area contributed by atoms with Crippen molar-refractivity contribution in [3.63, 3.8) is 0 Å². The molecule has 19 heavy (non-hydrogen) atoms. The summed E-state index contributed by atoms with van der Waals surface area (Å²) >= 11 is 0. The SMILES string of the molecule is Nc1c(NCC2CCCCC2)cccc1S(N)(=O)=O. The van der Waals surface area contributed by atoms with Crippen molar-refractivity contribution in [1.29, 1.82) is 0 Å². The van der Waals surface area contributed by atoms with E-state index in [0.29, 0.717) is 11.6 Å². The fourth-order valence-electron chi connectivity index (χ4n) is 2.59. The molecular formula is C13H21N3O2S. The van der Waals surface area contributed by atoms with Crippen LogP contribution in [0.25, 0.3) is 0 Å². The van der Waals surface area contributed by atoms with Gasteiger partial charge in [0.15, 0.2) is 0 Å². The van der Waals surface area contributed by atoms with Crippen LogP contribution in [0.15, 0.2) is 23.1 Å². The summed E-state index contributed by atoms with van der Waals surface area (Å²) in [4.78, 5) is -0.0128. The lowest BCUT2D eigenvalue weighted by atomic mass is 9.89. The number of primary sulfonamides is 1. The predicted octanol–water partition coefficient (Wildman–Crippen LogP) is 1.91. The molecule has 0 spiro atoms. The molecule has 1 saturated carbocycles. The van der Waals surface area contributed by atoms with Crippen molar-refractivity contribution in [1.82, 2.24) is 0 Å². The van der Waals surface area contributed by atoms with Crippen LogP contribution in [0.3, 0.4) is 0 Å². The van der Waals surface area contributed by atoms with Crippen molar-refractivity contribution in [2.45, 2.75) is 37.0 Å². The number of para-hydroxylation sites is 1. The highest BCUT2D eigenvalue weighted by Gasteiger charge is 2.16. The summed E-state index contributed by atoms with van der Waals surface area (Å²) in [5.74, 6) is 0.645. The van der Waals surface area contributed by atoms with E-state index in [9.17, 15) is 8.42 Å². The van der Waals surface area contributed by atoms with Crippen molar-refractivity contribution in [3.05, 3.63) is 18.2 Å². The van der Waals surface area contributed by atoms with Crippen LogP contribution in [-0.4, -0.2) is 15.0 Å². The highest BCUT2D eigenvalue weighted by Crippen LogP contribution is 2.28. The molecule has 0 atom stereocenters. The predicted molar refractivity (Wildman–Crippen MR) is 77.3 cm³/mol. The third kappa shape index (κ3) is 3.61. The van der Waals surface area contributed by atoms with E-state index >= 15 is 0 Å². The second-order valence-corrected chi connectivity index (χ2v) is 6.68. The highest BCUT2D eigenvalue weighted by molar-refractivity contribution is 7.89. The maximum absolute atomic E-state index is 11.4. The molecule has 0 aromatic heterocycles. The first-order chi connectivity index (χ1) is 8.98. The summed E-state index contributed by atoms with van der Waals surface area (Å²) in [5.41, 5.74) is 6.72. The minimum atomic E-state index is -3.76. The Morgan fingerprint density at radius 1 is 1.21 bits per heavy atom. The molecular weight excluding hydrogens is 262 g/mol. The monoisotopic (exact) mass is 283 g/mol. The summed E-state index contributed by atoms with van der Waals surface area (Å²) < 4.78 is 22.8. The molecule has 0 aliphatic heterocycles. The Kier molecular flexibility index (Phi) is 4.31. The van der Waals surface area contributed by atoms with Gasteiger partial charge >= 0.3 is 0 Å². The number of nitrogen functional groups attached to an aromatic ring is 1. The van der Waals surface area contributed by atoms with E-state index in [1.165, 1.54) is 38.2 Å². The number of hydrogen-bond donors (Lipinski definition) is 3. The number of rotatable bonds is 4. The van der Waals surface area contributed by atoms with Crippen LogP contribution in [0.5, 0.6) is 0 Å². The summed E-state index contributed by atoms with van der Waals surface area (Å²) in [6.07, 6.45) is 6.32. The molecule has 1 aromatic rings. The van der Waals surface area contributed by atoms with E-state index in [4.69, 9.17) is 10.9 Å². The zero-order chi connectivity index (χ0) is 13.9. The quantitative estimate of drug-likeness (QED) is 0.735. The van der Waals surface area contributed by atoms with Crippen molar-refractivity contribution in [2.75, 3.05) is 17.6 Å². The Hall–Kier alpha value is -1.27. The smallest absolute Gasteiger partial charge is 0.240 e. The van der Waals surface area contributed by atoms with E-state index < -0.39 is 10.0 Å². The van der Waals surface area contributed by atoms with Gasteiger partial charge in [0.1, 0.15) is 4.90 Å². The minimum absolute atomic E-state index is 0.0128. The van der Waals surface area contributed by atoms with E-state index in [1.54, 1.807) is 12.1 Å². The molecule has 0 heterocycles. The van der Waals surface area contributed by atoms with Gasteiger partial charge in [-0.3, -0.25) is 0 Å². The van der Waals surface area contributed by atoms with Gasteiger partial charge in [-0.05, 0) is 30.9 Å². The number of anilines is 2. The van der Waals surface area contributed by atoms with Crippen LogP contribution in [-0.2, 0) is 10.0 Å². The van der Waals surface area contributed by atoms with Crippen LogP contribution >= 0.6 is 0 Å². The first-order valence-corrected chi connectivity index (χ1v) is 8.18. The van der Waals surface area contributed by atoms with Gasteiger partial charge in [-0.2, -0.15) is 0 Å². The Bertz CT molecular complexity index is 537. The van der Waals surface area contributed by atoms with Gasteiger partial charge in [0.05, 0.1) is 11.4 Å². The lowest BCUT2D eigenvalue weighted by molar-refractivity contribution is 0.373. The molecule has 2 rings (SSSR count). The molecule has 0 amide bonds. The van der Waals surface area contributed by atoms with Crippen molar-refractivity contribution < 1.29 is 8.42 Å². The minimum Gasteiger partial charge on any atom is -0.396 e. The topological polar surface area (TPSA) is 98.2 Å². The Morgan fingerprint density at radius 3 is 2.53 bits per heavy atom. The Labute approximate surface area is 114 Å². The van der Waals surface area contributed by atoms with Crippen LogP contribution < -0.4 is 16.2 Å². The molecule has 1 aliphatic carbocycles. The van der Waals surface area contributed by atoms with E-state index in [0.717, 1.165) is 6.54 Å². The molecule has 0 radical (unpaired) electrons. The molecule has 0 saturated heterocycles. The van der Waals surface area contributed by atoms with Crippen LogP contribution in [0.4, 0.5) is 11.4 Å². The van der Waals surface area contributed by atoms with Crippen LogP contribution in [0.2, 0.25) is 0 Å². The number of hydrogen-bond acceptors (Lipinski definition) is 4. The van der Waals surface area contributed by atoms with Gasteiger partial charge in [0.25, 0.3) is 0 Å². The van der Waals surface area contributed by atoms with E-state index in [2.05, 4.69) is 5.32 Å². The lowest BCUT2D eigenvalue weighted by Gasteiger charge is -2.23. The summed E-state index contributed by atoms with van der Waals surface area (Å²) in [7, 11) is -3.76. The average molecular weight is 283 g/mol. The van der Waals surface area contributed by atoms with Gasteiger partial charge in [-0.25, -0.2) is 13.6 Å². The molecule has 1 aliphatic rings. The molecule has 6 heteroatoms. The van der Waals surface area contributed by atoms with E-state index in [-0.39, 0.29) is 10.6 Å². The zero-order valence-electron chi connectivity index (χ0n) is 10.9. The summed E-state index contributed by atoms with van der Waals surface area (Å²) in [6, 6.07) is 4.86. The third-order valence-corrected chi connectivity index (χ3v) is 4.65. The second-order valence-electron chi connectivity index (χ2n) is 5.15. The van der Waals surface area contributed by atoms with Gasteiger partial charge in [0.2, 0.25) is 10.0 Å². The molecule has 1 fully saturated rings. The van der Waals surface area contributed by atoms with Crippen LogP contribution in [0, 0.1) is 5.92 Å². The van der Waals surface area contributed by atoms with Gasteiger partial charge in [0, 0.05) is 6.54 Å². The molecule has 5 N–H and O–H groups in total. The van der Waals surface area contributed by atoms with Gasteiger partial charge in [-0.15, -0.1) is 0 Å². The fraction of sp³-hybridized carbons (Fsp3) is 0.538. The molecule has 106 valence electrons. The number of nitrogens with one attached hydrogen (secondary N) is 1. The molecule has 1 aromatic carbocycles. The molecule has 0 unspecified atom stereocenters. The summed E-state index contributed by atoms with van der Waals surface area (Å²) in [5, 5.41) is 8.38. The van der Waals surface area contributed by atoms with Crippen molar-refractivity contribution >= 4 is 21.4 Å². The number of sulfonamides is 1. The fourth-order valence-corrected chi connectivity index (χ4v) is 3.28.